The molecule has 1 aliphatic heterocycles. The van der Waals surface area contributed by atoms with Gasteiger partial charge in [0.25, 0.3) is 5.91 Å². The van der Waals surface area contributed by atoms with E-state index in [-0.39, 0.29) is 12.5 Å². The molecule has 1 saturated heterocycles. The first-order valence-electron chi connectivity index (χ1n) is 9.69. The van der Waals surface area contributed by atoms with Gasteiger partial charge in [0.2, 0.25) is 5.89 Å². The summed E-state index contributed by atoms with van der Waals surface area (Å²) in [4.78, 5) is 31.5. The summed E-state index contributed by atoms with van der Waals surface area (Å²) < 4.78 is 5.79. The summed E-state index contributed by atoms with van der Waals surface area (Å²) in [6.45, 7) is 1.71. The second-order valence-electron chi connectivity index (χ2n) is 7.46. The van der Waals surface area contributed by atoms with Crippen molar-refractivity contribution >= 4 is 22.7 Å². The number of fused-ring (bicyclic) bond motifs is 1. The van der Waals surface area contributed by atoms with Crippen LogP contribution in [-0.4, -0.2) is 21.8 Å². The SMILES string of the molecule is CC1(c2cccc3ccccc23)NC(=O)N(Cc2ncc(-c3ccccc3)o2)C1=O. The van der Waals surface area contributed by atoms with Crippen LogP contribution >= 0.6 is 0 Å². The molecule has 1 aromatic heterocycles. The highest BCUT2D eigenvalue weighted by Crippen LogP contribution is 2.34. The van der Waals surface area contributed by atoms with Crippen molar-refractivity contribution in [1.29, 1.82) is 0 Å². The molecule has 0 aliphatic carbocycles. The van der Waals surface area contributed by atoms with Gasteiger partial charge in [-0.15, -0.1) is 0 Å². The molecule has 30 heavy (non-hydrogen) atoms. The zero-order valence-corrected chi connectivity index (χ0v) is 16.3. The van der Waals surface area contributed by atoms with E-state index in [1.54, 1.807) is 13.1 Å². The van der Waals surface area contributed by atoms with E-state index in [9.17, 15) is 9.59 Å². The predicted molar refractivity (Wildman–Crippen MR) is 112 cm³/mol. The van der Waals surface area contributed by atoms with E-state index in [1.165, 1.54) is 0 Å². The highest BCUT2D eigenvalue weighted by molar-refractivity contribution is 6.09. The molecule has 6 nitrogen and oxygen atoms in total. The van der Waals surface area contributed by atoms with Gasteiger partial charge in [0, 0.05) is 5.56 Å². The average molecular weight is 397 g/mol. The lowest BCUT2D eigenvalue weighted by molar-refractivity contribution is -0.131. The van der Waals surface area contributed by atoms with Crippen LogP contribution in [0.4, 0.5) is 4.79 Å². The molecule has 3 aromatic carbocycles. The summed E-state index contributed by atoms with van der Waals surface area (Å²) in [5.74, 6) is 0.567. The molecular formula is C24H19N3O3. The molecule has 3 amide bonds. The fraction of sp³-hybridized carbons (Fsp3) is 0.125. The summed E-state index contributed by atoms with van der Waals surface area (Å²) >= 11 is 0. The Morgan fingerprint density at radius 1 is 0.967 bits per heavy atom. The first-order valence-corrected chi connectivity index (χ1v) is 9.69. The van der Waals surface area contributed by atoms with Crippen molar-refractivity contribution in [3.8, 4) is 11.3 Å². The van der Waals surface area contributed by atoms with Crippen molar-refractivity contribution in [2.75, 3.05) is 0 Å². The monoisotopic (exact) mass is 397 g/mol. The van der Waals surface area contributed by atoms with Crippen LogP contribution in [0.1, 0.15) is 18.4 Å². The summed E-state index contributed by atoms with van der Waals surface area (Å²) in [6.07, 6.45) is 1.60. The zero-order chi connectivity index (χ0) is 20.7. The highest BCUT2D eigenvalue weighted by atomic mass is 16.4. The third-order valence-corrected chi connectivity index (χ3v) is 5.51. The molecule has 148 valence electrons. The van der Waals surface area contributed by atoms with E-state index in [4.69, 9.17) is 4.42 Å². The molecule has 1 unspecified atom stereocenters. The molecule has 2 heterocycles. The third-order valence-electron chi connectivity index (χ3n) is 5.51. The number of nitrogens with one attached hydrogen (secondary N) is 1. The van der Waals surface area contributed by atoms with Crippen LogP contribution in [0.15, 0.2) is 83.4 Å². The lowest BCUT2D eigenvalue weighted by Gasteiger charge is -2.23. The molecule has 0 bridgehead atoms. The molecule has 0 saturated carbocycles. The largest absolute Gasteiger partial charge is 0.439 e. The number of hydrogen-bond acceptors (Lipinski definition) is 4. The molecule has 1 fully saturated rings. The number of carbonyl (C=O) groups excluding carboxylic acids is 2. The Labute approximate surface area is 173 Å². The third kappa shape index (κ3) is 2.85. The number of urea groups is 1. The lowest BCUT2D eigenvalue weighted by Crippen LogP contribution is -2.41. The van der Waals surface area contributed by atoms with Crippen molar-refractivity contribution in [2.45, 2.75) is 19.0 Å². The summed E-state index contributed by atoms with van der Waals surface area (Å²) in [6, 6.07) is 22.7. The minimum Gasteiger partial charge on any atom is -0.439 e. The first-order chi connectivity index (χ1) is 14.6. The van der Waals surface area contributed by atoms with Gasteiger partial charge in [-0.05, 0) is 23.3 Å². The Morgan fingerprint density at radius 3 is 2.53 bits per heavy atom. The number of amides is 3. The number of rotatable bonds is 4. The lowest BCUT2D eigenvalue weighted by atomic mass is 9.88. The maximum Gasteiger partial charge on any atom is 0.325 e. The van der Waals surface area contributed by atoms with E-state index < -0.39 is 11.6 Å². The van der Waals surface area contributed by atoms with Gasteiger partial charge in [-0.1, -0.05) is 72.8 Å². The van der Waals surface area contributed by atoms with Crippen molar-refractivity contribution in [2.24, 2.45) is 0 Å². The molecule has 0 radical (unpaired) electrons. The van der Waals surface area contributed by atoms with Crippen LogP contribution in [0.25, 0.3) is 22.1 Å². The normalized spacial score (nSPS) is 18.8. The second kappa shape index (κ2) is 6.84. The maximum atomic E-state index is 13.3. The standard InChI is InChI=1S/C24H19N3O3/c1-24(19-13-7-11-16-8-5-6-12-18(16)19)22(28)27(23(29)26-24)15-21-25-14-20(30-21)17-9-3-2-4-10-17/h2-14H,15H2,1H3,(H,26,29). The van der Waals surface area contributed by atoms with Crippen LogP contribution in [-0.2, 0) is 16.9 Å². The summed E-state index contributed by atoms with van der Waals surface area (Å²) in [7, 11) is 0. The van der Waals surface area contributed by atoms with E-state index in [2.05, 4.69) is 10.3 Å². The van der Waals surface area contributed by atoms with Gasteiger partial charge in [0.05, 0.1) is 6.20 Å². The van der Waals surface area contributed by atoms with Crippen molar-refractivity contribution in [1.82, 2.24) is 15.2 Å². The first kappa shape index (κ1) is 18.1. The number of hydrogen-bond donors (Lipinski definition) is 1. The highest BCUT2D eigenvalue weighted by Gasteiger charge is 2.50. The molecule has 1 atom stereocenters. The summed E-state index contributed by atoms with van der Waals surface area (Å²) in [5, 5.41) is 4.81. The quantitative estimate of drug-likeness (QED) is 0.516. The van der Waals surface area contributed by atoms with Gasteiger partial charge in [0.1, 0.15) is 12.1 Å². The molecule has 1 aliphatic rings. The summed E-state index contributed by atoms with van der Waals surface area (Å²) in [5.41, 5.74) is 0.486. The smallest absolute Gasteiger partial charge is 0.325 e. The van der Waals surface area contributed by atoms with Crippen LogP contribution in [0.3, 0.4) is 0 Å². The number of benzene rings is 3. The molecule has 0 spiro atoms. The Bertz CT molecular complexity index is 1260. The maximum absolute atomic E-state index is 13.3. The topological polar surface area (TPSA) is 75.4 Å². The van der Waals surface area contributed by atoms with Crippen LogP contribution < -0.4 is 5.32 Å². The van der Waals surface area contributed by atoms with Gasteiger partial charge >= 0.3 is 6.03 Å². The number of aromatic nitrogens is 1. The number of carbonyl (C=O) groups is 2. The number of imide groups is 1. The molecule has 4 aromatic rings. The molecule has 5 rings (SSSR count). The van der Waals surface area contributed by atoms with E-state index in [0.717, 1.165) is 26.8 Å². The van der Waals surface area contributed by atoms with Crippen molar-refractivity contribution < 1.29 is 14.0 Å². The van der Waals surface area contributed by atoms with Gasteiger partial charge < -0.3 is 9.73 Å². The van der Waals surface area contributed by atoms with E-state index >= 15 is 0 Å². The van der Waals surface area contributed by atoms with Crippen molar-refractivity contribution in [3.05, 3.63) is 90.4 Å². The van der Waals surface area contributed by atoms with Gasteiger partial charge in [-0.3, -0.25) is 9.69 Å². The molecular weight excluding hydrogens is 378 g/mol. The average Bonchev–Trinajstić information content (AvgIpc) is 3.33. The predicted octanol–water partition coefficient (Wildman–Crippen LogP) is 4.46. The Kier molecular flexibility index (Phi) is 4.13. The Morgan fingerprint density at radius 2 is 1.70 bits per heavy atom. The zero-order valence-electron chi connectivity index (χ0n) is 16.3. The van der Waals surface area contributed by atoms with Crippen LogP contribution in [0.2, 0.25) is 0 Å². The van der Waals surface area contributed by atoms with Crippen LogP contribution in [0, 0.1) is 0 Å². The van der Waals surface area contributed by atoms with Gasteiger partial charge in [-0.25, -0.2) is 9.78 Å². The van der Waals surface area contributed by atoms with E-state index in [1.807, 2.05) is 72.8 Å². The van der Waals surface area contributed by atoms with Crippen LogP contribution in [0.5, 0.6) is 0 Å². The van der Waals surface area contributed by atoms with Gasteiger partial charge in [0.15, 0.2) is 5.76 Å². The minimum absolute atomic E-state index is 0.0299. The number of nitrogens with zero attached hydrogens (tertiary/aromatic N) is 2. The number of oxazole rings is 1. The second-order valence-corrected chi connectivity index (χ2v) is 7.46. The fourth-order valence-corrected chi connectivity index (χ4v) is 3.94. The minimum atomic E-state index is -1.16. The fourth-order valence-electron chi connectivity index (χ4n) is 3.94. The van der Waals surface area contributed by atoms with E-state index in [0.29, 0.717) is 11.7 Å². The van der Waals surface area contributed by atoms with Gasteiger partial charge in [-0.2, -0.15) is 0 Å². The Hall–Kier alpha value is -3.93. The molecule has 1 N–H and O–H groups in total. The molecule has 6 heteroatoms. The Balaban J connectivity index is 1.45. The van der Waals surface area contributed by atoms with Crippen molar-refractivity contribution in [3.63, 3.8) is 0 Å².